The van der Waals surface area contributed by atoms with Crippen LogP contribution in [-0.4, -0.2) is 16.5 Å². The fraction of sp³-hybridized carbons (Fsp3) is 0.545. The fourth-order valence-corrected chi connectivity index (χ4v) is 1.65. The van der Waals surface area contributed by atoms with Crippen LogP contribution < -0.4 is 5.32 Å². The molecule has 0 aromatic carbocycles. The Balaban J connectivity index is 1.95. The largest absolute Gasteiger partial charge is 0.370 e. The fourth-order valence-electron chi connectivity index (χ4n) is 1.65. The molecule has 1 aromatic heterocycles. The van der Waals surface area contributed by atoms with Crippen molar-refractivity contribution in [1.29, 1.82) is 0 Å². The monoisotopic (exact) mass is 221 g/mol. The Hall–Kier alpha value is -1.65. The summed E-state index contributed by atoms with van der Waals surface area (Å²) in [5.74, 6) is 1.64. The van der Waals surface area contributed by atoms with Crippen LogP contribution in [0.2, 0.25) is 0 Å². The zero-order chi connectivity index (χ0) is 11.5. The molecule has 1 aromatic rings. The Labute approximate surface area is 94.0 Å². The van der Waals surface area contributed by atoms with E-state index in [4.69, 9.17) is 0 Å². The Bertz CT molecular complexity index is 402. The number of anilines is 1. The van der Waals surface area contributed by atoms with Crippen LogP contribution >= 0.6 is 0 Å². The molecule has 16 heavy (non-hydrogen) atoms. The summed E-state index contributed by atoms with van der Waals surface area (Å²) in [6, 6.07) is 1.55. The van der Waals surface area contributed by atoms with E-state index in [0.29, 0.717) is 0 Å². The molecule has 5 heteroatoms. The molecule has 5 nitrogen and oxygen atoms in total. The summed E-state index contributed by atoms with van der Waals surface area (Å²) in [6.45, 7) is 2.73. The van der Waals surface area contributed by atoms with E-state index in [2.05, 4.69) is 10.3 Å². The first-order chi connectivity index (χ1) is 7.66. The van der Waals surface area contributed by atoms with Crippen molar-refractivity contribution < 1.29 is 4.92 Å². The van der Waals surface area contributed by atoms with Gasteiger partial charge < -0.3 is 5.32 Å². The van der Waals surface area contributed by atoms with Crippen LogP contribution in [0.15, 0.2) is 12.3 Å². The maximum absolute atomic E-state index is 10.5. The van der Waals surface area contributed by atoms with E-state index >= 15 is 0 Å². The van der Waals surface area contributed by atoms with Crippen molar-refractivity contribution in [3.05, 3.63) is 27.9 Å². The summed E-state index contributed by atoms with van der Waals surface area (Å²) < 4.78 is 0. The molecule has 2 rings (SSSR count). The van der Waals surface area contributed by atoms with Crippen molar-refractivity contribution in [3.63, 3.8) is 0 Å². The molecule has 0 aliphatic heterocycles. The number of aromatic nitrogens is 1. The minimum Gasteiger partial charge on any atom is -0.370 e. The first-order valence-corrected chi connectivity index (χ1v) is 5.51. The quantitative estimate of drug-likeness (QED) is 0.612. The minimum atomic E-state index is -0.423. The number of hydrogen-bond acceptors (Lipinski definition) is 4. The van der Waals surface area contributed by atoms with Crippen LogP contribution in [0.3, 0.4) is 0 Å². The first-order valence-electron chi connectivity index (χ1n) is 5.51. The van der Waals surface area contributed by atoms with Crippen molar-refractivity contribution in [2.24, 2.45) is 5.92 Å². The highest BCUT2D eigenvalue weighted by Crippen LogP contribution is 2.32. The molecule has 1 heterocycles. The van der Waals surface area contributed by atoms with Gasteiger partial charge in [-0.15, -0.1) is 0 Å². The predicted octanol–water partition coefficient (Wildman–Crippen LogP) is 2.51. The third-order valence-electron chi connectivity index (χ3n) is 2.82. The van der Waals surface area contributed by atoms with Crippen LogP contribution in [0.1, 0.15) is 24.8 Å². The highest BCUT2D eigenvalue weighted by Gasteiger charge is 2.20. The van der Waals surface area contributed by atoms with Crippen LogP contribution in [-0.2, 0) is 0 Å². The lowest BCUT2D eigenvalue weighted by Gasteiger charge is -2.07. The lowest BCUT2D eigenvalue weighted by molar-refractivity contribution is -0.385. The second-order valence-corrected chi connectivity index (χ2v) is 4.27. The second kappa shape index (κ2) is 4.47. The summed E-state index contributed by atoms with van der Waals surface area (Å²) in [7, 11) is 0. The van der Waals surface area contributed by atoms with Gasteiger partial charge in [0.15, 0.2) is 0 Å². The number of nitrogens with one attached hydrogen (secondary N) is 1. The molecule has 1 aliphatic carbocycles. The zero-order valence-electron chi connectivity index (χ0n) is 9.27. The van der Waals surface area contributed by atoms with Gasteiger partial charge in [-0.3, -0.25) is 10.1 Å². The van der Waals surface area contributed by atoms with Gasteiger partial charge in [-0.25, -0.2) is 4.98 Å². The van der Waals surface area contributed by atoms with Crippen LogP contribution in [0.5, 0.6) is 0 Å². The summed E-state index contributed by atoms with van der Waals surface area (Å²) in [6.07, 6.45) is 5.15. The smallest absolute Gasteiger partial charge is 0.287 e. The van der Waals surface area contributed by atoms with E-state index in [-0.39, 0.29) is 5.69 Å². The Morgan fingerprint density at radius 3 is 2.94 bits per heavy atom. The molecule has 0 atom stereocenters. The zero-order valence-corrected chi connectivity index (χ0v) is 9.27. The van der Waals surface area contributed by atoms with Gasteiger partial charge in [-0.05, 0) is 24.8 Å². The Morgan fingerprint density at radius 2 is 2.38 bits per heavy atom. The molecule has 1 aliphatic rings. The topological polar surface area (TPSA) is 68.1 Å². The SMILES string of the molecule is Cc1cc([N+](=O)[O-])cnc1NCCC1CC1. The molecular weight excluding hydrogens is 206 g/mol. The molecule has 1 fully saturated rings. The van der Waals surface area contributed by atoms with E-state index in [1.165, 1.54) is 19.0 Å². The van der Waals surface area contributed by atoms with Crippen LogP contribution in [0, 0.1) is 23.0 Å². The molecule has 86 valence electrons. The van der Waals surface area contributed by atoms with Gasteiger partial charge in [-0.1, -0.05) is 12.8 Å². The maximum atomic E-state index is 10.5. The average Bonchev–Trinajstić information content (AvgIpc) is 3.04. The molecule has 0 unspecified atom stereocenters. The standard InChI is InChI=1S/C11H15N3O2/c1-8-6-10(14(15)16)7-13-11(8)12-5-4-9-2-3-9/h6-7,9H,2-5H2,1H3,(H,12,13). The molecule has 1 N–H and O–H groups in total. The highest BCUT2D eigenvalue weighted by atomic mass is 16.6. The van der Waals surface area contributed by atoms with Gasteiger partial charge in [0.2, 0.25) is 0 Å². The van der Waals surface area contributed by atoms with E-state index in [1.54, 1.807) is 6.07 Å². The van der Waals surface area contributed by atoms with E-state index in [9.17, 15) is 10.1 Å². The number of aryl methyl sites for hydroxylation is 1. The minimum absolute atomic E-state index is 0.0465. The van der Waals surface area contributed by atoms with Gasteiger partial charge in [0.05, 0.1) is 4.92 Å². The number of nitrogens with zero attached hydrogens (tertiary/aromatic N) is 2. The van der Waals surface area contributed by atoms with Crippen molar-refractivity contribution in [1.82, 2.24) is 4.98 Å². The van der Waals surface area contributed by atoms with Gasteiger partial charge >= 0.3 is 0 Å². The van der Waals surface area contributed by atoms with Gasteiger partial charge in [0.1, 0.15) is 12.0 Å². The van der Waals surface area contributed by atoms with E-state index < -0.39 is 4.92 Å². The van der Waals surface area contributed by atoms with Gasteiger partial charge in [-0.2, -0.15) is 0 Å². The maximum Gasteiger partial charge on any atom is 0.287 e. The number of hydrogen-bond donors (Lipinski definition) is 1. The third kappa shape index (κ3) is 2.68. The van der Waals surface area contributed by atoms with Crippen molar-refractivity contribution >= 4 is 11.5 Å². The molecule has 0 bridgehead atoms. The summed E-state index contributed by atoms with van der Waals surface area (Å²) in [5.41, 5.74) is 0.871. The lowest BCUT2D eigenvalue weighted by atomic mass is 10.2. The summed E-state index contributed by atoms with van der Waals surface area (Å²) in [4.78, 5) is 14.2. The molecule has 0 radical (unpaired) electrons. The third-order valence-corrected chi connectivity index (χ3v) is 2.82. The summed E-state index contributed by atoms with van der Waals surface area (Å²) in [5, 5.41) is 13.7. The number of pyridine rings is 1. The second-order valence-electron chi connectivity index (χ2n) is 4.27. The number of rotatable bonds is 5. The molecular formula is C11H15N3O2. The van der Waals surface area contributed by atoms with E-state index in [1.807, 2.05) is 6.92 Å². The van der Waals surface area contributed by atoms with Crippen molar-refractivity contribution in [3.8, 4) is 0 Å². The lowest BCUT2D eigenvalue weighted by Crippen LogP contribution is -2.06. The Kier molecular flexibility index (Phi) is 3.03. The molecule has 1 saturated carbocycles. The van der Waals surface area contributed by atoms with Crippen molar-refractivity contribution in [2.45, 2.75) is 26.2 Å². The Morgan fingerprint density at radius 1 is 1.62 bits per heavy atom. The highest BCUT2D eigenvalue weighted by molar-refractivity contribution is 5.48. The van der Waals surface area contributed by atoms with E-state index in [0.717, 1.165) is 30.3 Å². The molecule has 0 spiro atoms. The van der Waals surface area contributed by atoms with Gasteiger partial charge in [0, 0.05) is 12.6 Å². The number of nitro groups is 1. The normalized spacial score (nSPS) is 14.8. The van der Waals surface area contributed by atoms with Gasteiger partial charge in [0.25, 0.3) is 5.69 Å². The van der Waals surface area contributed by atoms with Crippen LogP contribution in [0.4, 0.5) is 11.5 Å². The van der Waals surface area contributed by atoms with Crippen LogP contribution in [0.25, 0.3) is 0 Å². The molecule has 0 saturated heterocycles. The predicted molar refractivity (Wildman–Crippen MR) is 61.5 cm³/mol. The summed E-state index contributed by atoms with van der Waals surface area (Å²) >= 11 is 0. The molecule has 0 amide bonds. The average molecular weight is 221 g/mol. The van der Waals surface area contributed by atoms with Crippen molar-refractivity contribution in [2.75, 3.05) is 11.9 Å². The first kappa shape index (κ1) is 10.9.